The largest absolute Gasteiger partial charge is 0.378 e. The van der Waals surface area contributed by atoms with Crippen LogP contribution in [0.25, 0.3) is 6.08 Å². The average molecular weight is 281 g/mol. The third-order valence-corrected chi connectivity index (χ3v) is 3.86. The number of ether oxygens (including phenoxy) is 1. The van der Waals surface area contributed by atoms with Gasteiger partial charge in [0, 0.05) is 13.1 Å². The molecule has 1 aliphatic heterocycles. The number of allylic oxidation sites excluding steroid dienone is 1. The number of halogens is 1. The summed E-state index contributed by atoms with van der Waals surface area (Å²) < 4.78 is 5.26. The van der Waals surface area contributed by atoms with Gasteiger partial charge < -0.3 is 9.64 Å². The minimum Gasteiger partial charge on any atom is -0.378 e. The summed E-state index contributed by atoms with van der Waals surface area (Å²) in [5.74, 6) is 0. The van der Waals surface area contributed by atoms with Gasteiger partial charge in [0.25, 0.3) is 0 Å². The summed E-state index contributed by atoms with van der Waals surface area (Å²) in [5, 5.41) is 18.5. The summed E-state index contributed by atoms with van der Waals surface area (Å²) in [6.45, 7) is 2.89. The fraction of sp³-hybridized carbons (Fsp3) is 0.364. The van der Waals surface area contributed by atoms with Gasteiger partial charge in [-0.1, -0.05) is 22.9 Å². The highest BCUT2D eigenvalue weighted by atomic mass is 35.5. The van der Waals surface area contributed by atoms with Crippen molar-refractivity contribution in [3.63, 3.8) is 0 Å². The molecule has 0 N–H and O–H groups in total. The number of morpholine rings is 1. The molecule has 1 saturated heterocycles. The van der Waals surface area contributed by atoms with Crippen LogP contribution < -0.4 is 4.90 Å². The van der Waals surface area contributed by atoms with Crippen molar-refractivity contribution >= 4 is 34.1 Å². The van der Waals surface area contributed by atoms with Crippen LogP contribution in [0.3, 0.4) is 0 Å². The molecular weight excluding hydrogens is 272 g/mol. The van der Waals surface area contributed by atoms with E-state index in [1.165, 1.54) is 17.4 Å². The molecule has 0 bridgehead atoms. The summed E-state index contributed by atoms with van der Waals surface area (Å²) in [6.07, 6.45) is 1.46. The molecule has 0 amide bonds. The number of thiazole rings is 1. The first-order valence-corrected chi connectivity index (χ1v) is 6.45. The van der Waals surface area contributed by atoms with E-state index in [0.29, 0.717) is 23.2 Å². The van der Waals surface area contributed by atoms with Crippen molar-refractivity contribution in [2.45, 2.75) is 0 Å². The van der Waals surface area contributed by atoms with Gasteiger partial charge in [0.1, 0.15) is 22.9 Å². The normalized spacial score (nSPS) is 14.7. The summed E-state index contributed by atoms with van der Waals surface area (Å²) in [5.41, 5.74) is 0.0223. The first-order chi connectivity index (χ1) is 8.74. The van der Waals surface area contributed by atoms with Gasteiger partial charge in [-0.3, -0.25) is 0 Å². The fourth-order valence-electron chi connectivity index (χ4n) is 1.50. The molecular formula is C11H9ClN4OS. The van der Waals surface area contributed by atoms with Crippen molar-refractivity contribution in [3.05, 3.63) is 15.6 Å². The van der Waals surface area contributed by atoms with Crippen LogP contribution in [-0.4, -0.2) is 31.3 Å². The molecule has 1 aromatic heterocycles. The van der Waals surface area contributed by atoms with Crippen LogP contribution in [0.2, 0.25) is 5.15 Å². The van der Waals surface area contributed by atoms with E-state index >= 15 is 0 Å². The lowest BCUT2D eigenvalue weighted by molar-refractivity contribution is 0.122. The SMILES string of the molecule is N#CC(C#N)=Cc1sc(N2CCOCC2)nc1Cl. The third kappa shape index (κ3) is 2.80. The number of anilines is 1. The topological polar surface area (TPSA) is 72.9 Å². The molecule has 1 aliphatic rings. The molecule has 5 nitrogen and oxygen atoms in total. The molecule has 2 heterocycles. The van der Waals surface area contributed by atoms with Gasteiger partial charge in [-0.25, -0.2) is 4.98 Å². The quantitative estimate of drug-likeness (QED) is 0.775. The van der Waals surface area contributed by atoms with Gasteiger partial charge in [0.05, 0.1) is 18.1 Å². The molecule has 1 aromatic rings. The van der Waals surface area contributed by atoms with E-state index in [9.17, 15) is 0 Å². The molecule has 92 valence electrons. The van der Waals surface area contributed by atoms with Crippen molar-refractivity contribution in [1.29, 1.82) is 10.5 Å². The Bertz CT molecular complexity index is 532. The molecule has 1 fully saturated rings. The van der Waals surface area contributed by atoms with Gasteiger partial charge in [0.2, 0.25) is 0 Å². The lowest BCUT2D eigenvalue weighted by Crippen LogP contribution is -2.36. The highest BCUT2D eigenvalue weighted by Gasteiger charge is 2.17. The lowest BCUT2D eigenvalue weighted by atomic mass is 10.3. The molecule has 0 aromatic carbocycles. The maximum absolute atomic E-state index is 8.71. The fourth-order valence-corrected chi connectivity index (χ4v) is 2.75. The Balaban J connectivity index is 2.25. The zero-order valence-electron chi connectivity index (χ0n) is 9.39. The third-order valence-electron chi connectivity index (χ3n) is 2.40. The second kappa shape index (κ2) is 5.83. The summed E-state index contributed by atoms with van der Waals surface area (Å²) in [6, 6.07) is 3.61. The predicted octanol–water partition coefficient (Wildman–Crippen LogP) is 2.06. The Morgan fingerprint density at radius 1 is 1.39 bits per heavy atom. The Hall–Kier alpha value is -1.60. The van der Waals surface area contributed by atoms with Gasteiger partial charge in [-0.2, -0.15) is 10.5 Å². The van der Waals surface area contributed by atoms with E-state index in [0.717, 1.165) is 18.2 Å². The predicted molar refractivity (Wildman–Crippen MR) is 69.4 cm³/mol. The van der Waals surface area contributed by atoms with E-state index in [-0.39, 0.29) is 5.57 Å². The Morgan fingerprint density at radius 3 is 2.67 bits per heavy atom. The van der Waals surface area contributed by atoms with E-state index in [2.05, 4.69) is 9.88 Å². The Kier molecular flexibility index (Phi) is 4.16. The van der Waals surface area contributed by atoms with Crippen molar-refractivity contribution in [3.8, 4) is 12.1 Å². The number of rotatable bonds is 2. The zero-order chi connectivity index (χ0) is 13.0. The van der Waals surface area contributed by atoms with E-state index < -0.39 is 0 Å². The number of hydrogen-bond donors (Lipinski definition) is 0. The molecule has 0 aliphatic carbocycles. The second-order valence-electron chi connectivity index (χ2n) is 3.53. The minimum atomic E-state index is 0.0223. The molecule has 0 radical (unpaired) electrons. The number of hydrogen-bond acceptors (Lipinski definition) is 6. The first kappa shape index (κ1) is 12.8. The Labute approximate surface area is 113 Å². The van der Waals surface area contributed by atoms with Crippen molar-refractivity contribution in [1.82, 2.24) is 4.98 Å². The summed E-state index contributed by atoms with van der Waals surface area (Å²) in [4.78, 5) is 6.96. The summed E-state index contributed by atoms with van der Waals surface area (Å²) in [7, 11) is 0. The highest BCUT2D eigenvalue weighted by Crippen LogP contribution is 2.31. The maximum atomic E-state index is 8.71. The molecule has 7 heteroatoms. The Morgan fingerprint density at radius 2 is 2.06 bits per heavy atom. The standard InChI is InChI=1S/C11H9ClN4OS/c12-10-9(5-8(6-13)7-14)18-11(15-10)16-1-3-17-4-2-16/h5H,1-4H2. The van der Waals surface area contributed by atoms with E-state index in [1.807, 2.05) is 0 Å². The molecule has 0 saturated carbocycles. The molecule has 18 heavy (non-hydrogen) atoms. The number of nitrogens with zero attached hydrogens (tertiary/aromatic N) is 4. The molecule has 2 rings (SSSR count). The van der Waals surface area contributed by atoms with E-state index in [1.54, 1.807) is 12.1 Å². The monoisotopic (exact) mass is 280 g/mol. The summed E-state index contributed by atoms with van der Waals surface area (Å²) >= 11 is 7.37. The van der Waals surface area contributed by atoms with Gasteiger partial charge in [-0.15, -0.1) is 0 Å². The van der Waals surface area contributed by atoms with Gasteiger partial charge >= 0.3 is 0 Å². The van der Waals surface area contributed by atoms with Crippen LogP contribution in [0.4, 0.5) is 5.13 Å². The first-order valence-electron chi connectivity index (χ1n) is 5.25. The second-order valence-corrected chi connectivity index (χ2v) is 4.90. The molecule has 0 unspecified atom stereocenters. The molecule has 0 atom stereocenters. The zero-order valence-corrected chi connectivity index (χ0v) is 11.0. The van der Waals surface area contributed by atoms with Crippen LogP contribution in [0.5, 0.6) is 0 Å². The van der Waals surface area contributed by atoms with Crippen molar-refractivity contribution < 1.29 is 4.74 Å². The number of nitriles is 2. The average Bonchev–Trinajstić information content (AvgIpc) is 2.78. The highest BCUT2D eigenvalue weighted by molar-refractivity contribution is 7.17. The van der Waals surface area contributed by atoms with Crippen molar-refractivity contribution in [2.24, 2.45) is 0 Å². The van der Waals surface area contributed by atoms with Crippen LogP contribution in [0.1, 0.15) is 4.88 Å². The van der Waals surface area contributed by atoms with Crippen LogP contribution in [-0.2, 0) is 4.74 Å². The van der Waals surface area contributed by atoms with Gasteiger partial charge in [0.15, 0.2) is 5.13 Å². The minimum absolute atomic E-state index is 0.0223. The van der Waals surface area contributed by atoms with Crippen molar-refractivity contribution in [2.75, 3.05) is 31.2 Å². The van der Waals surface area contributed by atoms with Gasteiger partial charge in [-0.05, 0) is 6.08 Å². The van der Waals surface area contributed by atoms with E-state index in [4.69, 9.17) is 26.9 Å². The lowest BCUT2D eigenvalue weighted by Gasteiger charge is -2.25. The molecule has 0 spiro atoms. The van der Waals surface area contributed by atoms with Crippen LogP contribution >= 0.6 is 22.9 Å². The smallest absolute Gasteiger partial charge is 0.187 e. The van der Waals surface area contributed by atoms with Crippen LogP contribution in [0, 0.1) is 22.7 Å². The van der Waals surface area contributed by atoms with Crippen LogP contribution in [0.15, 0.2) is 5.57 Å². The number of aromatic nitrogens is 1. The maximum Gasteiger partial charge on any atom is 0.187 e.